The van der Waals surface area contributed by atoms with Crippen molar-refractivity contribution in [2.24, 2.45) is 0 Å². The number of rotatable bonds is 3. The van der Waals surface area contributed by atoms with Crippen LogP contribution in [0.25, 0.3) is 0 Å². The molecule has 0 fully saturated rings. The maximum absolute atomic E-state index is 13.2. The van der Waals surface area contributed by atoms with Crippen molar-refractivity contribution in [2.45, 2.75) is 33.0 Å². The maximum atomic E-state index is 13.2. The summed E-state index contributed by atoms with van der Waals surface area (Å²) < 4.78 is 14.6. The van der Waals surface area contributed by atoms with Gasteiger partial charge < -0.3 is 0 Å². The number of aryl methyl sites for hydroxylation is 1. The van der Waals surface area contributed by atoms with Gasteiger partial charge in [-0.05, 0) is 20.8 Å². The van der Waals surface area contributed by atoms with Crippen LogP contribution in [0.15, 0.2) is 6.33 Å². The van der Waals surface area contributed by atoms with Gasteiger partial charge in [0.15, 0.2) is 11.5 Å². The van der Waals surface area contributed by atoms with Crippen LogP contribution in [-0.2, 0) is 6.54 Å². The Labute approximate surface area is 75.8 Å². The first-order valence-electron chi connectivity index (χ1n) is 4.08. The number of aromatic nitrogens is 3. The van der Waals surface area contributed by atoms with Gasteiger partial charge in [0.05, 0.1) is 0 Å². The van der Waals surface area contributed by atoms with Gasteiger partial charge in [0.2, 0.25) is 5.78 Å². The summed E-state index contributed by atoms with van der Waals surface area (Å²) in [6, 6.07) is 0. The van der Waals surface area contributed by atoms with Crippen molar-refractivity contribution in [1.29, 1.82) is 0 Å². The summed E-state index contributed by atoms with van der Waals surface area (Å²) in [7, 11) is 0. The minimum absolute atomic E-state index is 0.0787. The van der Waals surface area contributed by atoms with E-state index in [-0.39, 0.29) is 5.82 Å². The molecule has 0 radical (unpaired) electrons. The zero-order chi connectivity index (χ0) is 10.1. The van der Waals surface area contributed by atoms with Gasteiger partial charge in [0.1, 0.15) is 6.33 Å². The molecule has 0 N–H and O–H groups in total. The number of nitrogens with zero attached hydrogens (tertiary/aromatic N) is 3. The fourth-order valence-corrected chi connectivity index (χ4v) is 0.937. The summed E-state index contributed by atoms with van der Waals surface area (Å²) >= 11 is 0. The highest BCUT2D eigenvalue weighted by Gasteiger charge is 2.31. The first kappa shape index (κ1) is 9.83. The molecule has 4 nitrogen and oxygen atoms in total. The molecule has 72 valence electrons. The molecule has 1 aromatic heterocycles. The number of hydrogen-bond donors (Lipinski definition) is 0. The molecule has 13 heavy (non-hydrogen) atoms. The fraction of sp³-hybridized carbons (Fsp3) is 0.625. The average Bonchev–Trinajstić information content (AvgIpc) is 2.48. The molecule has 0 spiro atoms. The first-order chi connectivity index (χ1) is 5.96. The molecule has 0 amide bonds. The van der Waals surface area contributed by atoms with Gasteiger partial charge in [0.25, 0.3) is 0 Å². The minimum Gasteiger partial charge on any atom is -0.287 e. The van der Waals surface area contributed by atoms with Crippen LogP contribution in [0.4, 0.5) is 4.39 Å². The van der Waals surface area contributed by atoms with Crippen LogP contribution in [0, 0.1) is 0 Å². The zero-order valence-corrected chi connectivity index (χ0v) is 7.91. The molecule has 0 aliphatic rings. The smallest absolute Gasteiger partial charge is 0.236 e. The monoisotopic (exact) mass is 185 g/mol. The molecule has 0 aliphatic heterocycles. The SMILES string of the molecule is CCn1ncnc1C(=O)C(C)(C)F. The van der Waals surface area contributed by atoms with Crippen LogP contribution in [-0.4, -0.2) is 26.2 Å². The molecule has 1 aromatic rings. The minimum atomic E-state index is -1.89. The largest absolute Gasteiger partial charge is 0.287 e. The van der Waals surface area contributed by atoms with Gasteiger partial charge in [-0.15, -0.1) is 0 Å². The Morgan fingerprint density at radius 2 is 2.31 bits per heavy atom. The van der Waals surface area contributed by atoms with E-state index in [1.165, 1.54) is 24.9 Å². The van der Waals surface area contributed by atoms with E-state index < -0.39 is 11.5 Å². The Kier molecular flexibility index (Phi) is 2.45. The summed E-state index contributed by atoms with van der Waals surface area (Å²) in [5, 5.41) is 3.79. The predicted octanol–water partition coefficient (Wildman–Crippen LogP) is 1.23. The third-order valence-electron chi connectivity index (χ3n) is 1.66. The number of ketones is 1. The van der Waals surface area contributed by atoms with Crippen molar-refractivity contribution in [3.05, 3.63) is 12.2 Å². The number of Topliss-reactive ketones (excluding diaryl/α,β-unsaturated/α-hetero) is 1. The Morgan fingerprint density at radius 1 is 1.69 bits per heavy atom. The van der Waals surface area contributed by atoms with Gasteiger partial charge in [-0.1, -0.05) is 0 Å². The second-order valence-corrected chi connectivity index (χ2v) is 3.20. The Bertz CT molecular complexity index is 313. The molecule has 5 heteroatoms. The lowest BCUT2D eigenvalue weighted by Gasteiger charge is -2.11. The van der Waals surface area contributed by atoms with Crippen molar-refractivity contribution in [1.82, 2.24) is 14.8 Å². The predicted molar refractivity (Wildman–Crippen MR) is 45.2 cm³/mol. The Balaban J connectivity index is 3.02. The fourth-order valence-electron chi connectivity index (χ4n) is 0.937. The summed E-state index contributed by atoms with van der Waals surface area (Å²) in [6.45, 7) is 4.75. The first-order valence-corrected chi connectivity index (χ1v) is 4.08. The second kappa shape index (κ2) is 3.24. The van der Waals surface area contributed by atoms with E-state index in [1.54, 1.807) is 0 Å². The second-order valence-electron chi connectivity index (χ2n) is 3.20. The van der Waals surface area contributed by atoms with Gasteiger partial charge in [-0.3, -0.25) is 4.79 Å². The highest BCUT2D eigenvalue weighted by atomic mass is 19.1. The van der Waals surface area contributed by atoms with Crippen LogP contribution in [0.1, 0.15) is 31.4 Å². The van der Waals surface area contributed by atoms with Crippen LogP contribution < -0.4 is 0 Å². The van der Waals surface area contributed by atoms with Crippen LogP contribution in [0.2, 0.25) is 0 Å². The average molecular weight is 185 g/mol. The van der Waals surface area contributed by atoms with E-state index in [0.29, 0.717) is 6.54 Å². The van der Waals surface area contributed by atoms with Gasteiger partial charge in [-0.25, -0.2) is 14.1 Å². The number of carbonyl (C=O) groups excluding carboxylic acids is 1. The highest BCUT2D eigenvalue weighted by molar-refractivity contribution is 5.98. The van der Waals surface area contributed by atoms with Crippen LogP contribution in [0.5, 0.6) is 0 Å². The molecule has 1 heterocycles. The van der Waals surface area contributed by atoms with E-state index >= 15 is 0 Å². The molecule has 1 rings (SSSR count). The van der Waals surface area contributed by atoms with Crippen molar-refractivity contribution < 1.29 is 9.18 Å². The highest BCUT2D eigenvalue weighted by Crippen LogP contribution is 2.14. The van der Waals surface area contributed by atoms with Crippen molar-refractivity contribution in [2.75, 3.05) is 0 Å². The van der Waals surface area contributed by atoms with Crippen LogP contribution in [0.3, 0.4) is 0 Å². The standard InChI is InChI=1S/C8H12FN3O/c1-4-12-7(10-5-11-12)6(13)8(2,3)9/h5H,4H2,1-3H3. The van der Waals surface area contributed by atoms with Crippen molar-refractivity contribution in [3.63, 3.8) is 0 Å². The zero-order valence-electron chi connectivity index (χ0n) is 7.91. The van der Waals surface area contributed by atoms with Crippen molar-refractivity contribution >= 4 is 5.78 Å². The number of hydrogen-bond acceptors (Lipinski definition) is 3. The quantitative estimate of drug-likeness (QED) is 0.665. The summed E-state index contributed by atoms with van der Waals surface area (Å²) in [6.07, 6.45) is 1.25. The van der Waals surface area contributed by atoms with E-state index in [2.05, 4.69) is 10.1 Å². The summed E-state index contributed by atoms with van der Waals surface area (Å²) in [5.74, 6) is -0.554. The Morgan fingerprint density at radius 3 is 2.77 bits per heavy atom. The Hall–Kier alpha value is -1.26. The number of halogens is 1. The molecule has 0 aliphatic carbocycles. The number of alkyl halides is 1. The summed E-state index contributed by atoms with van der Waals surface area (Å²) in [5.41, 5.74) is -1.89. The third kappa shape index (κ3) is 1.91. The molecule has 0 saturated carbocycles. The molecule has 0 saturated heterocycles. The third-order valence-corrected chi connectivity index (χ3v) is 1.66. The maximum Gasteiger partial charge on any atom is 0.236 e. The molecule has 0 atom stereocenters. The van der Waals surface area contributed by atoms with E-state index in [9.17, 15) is 9.18 Å². The van der Waals surface area contributed by atoms with E-state index in [4.69, 9.17) is 0 Å². The van der Waals surface area contributed by atoms with Gasteiger partial charge in [0, 0.05) is 6.54 Å². The van der Waals surface area contributed by atoms with Gasteiger partial charge in [-0.2, -0.15) is 5.10 Å². The van der Waals surface area contributed by atoms with E-state index in [0.717, 1.165) is 0 Å². The summed E-state index contributed by atoms with van der Waals surface area (Å²) in [4.78, 5) is 15.1. The normalized spacial score (nSPS) is 11.7. The van der Waals surface area contributed by atoms with Gasteiger partial charge >= 0.3 is 0 Å². The molecular weight excluding hydrogens is 173 g/mol. The lowest BCUT2D eigenvalue weighted by Crippen LogP contribution is -2.29. The molecular formula is C8H12FN3O. The lowest BCUT2D eigenvalue weighted by molar-refractivity contribution is 0.0742. The van der Waals surface area contributed by atoms with Crippen molar-refractivity contribution in [3.8, 4) is 0 Å². The molecule has 0 unspecified atom stereocenters. The van der Waals surface area contributed by atoms with Crippen LogP contribution >= 0.6 is 0 Å². The topological polar surface area (TPSA) is 47.8 Å². The number of carbonyl (C=O) groups is 1. The molecule has 0 bridgehead atoms. The van der Waals surface area contributed by atoms with E-state index in [1.807, 2.05) is 6.92 Å². The molecule has 0 aromatic carbocycles. The lowest BCUT2D eigenvalue weighted by atomic mass is 10.1.